The van der Waals surface area contributed by atoms with Gasteiger partial charge in [0, 0.05) is 0 Å². The molecule has 0 aliphatic carbocycles. The Balaban J connectivity index is 2.70. The summed E-state index contributed by atoms with van der Waals surface area (Å²) >= 11 is 0. The molecule has 1 unspecified atom stereocenters. The largest absolute Gasteiger partial charge is 0.481 e. The molecule has 17 heavy (non-hydrogen) atoms. The third-order valence-electron chi connectivity index (χ3n) is 3.08. The zero-order valence-electron chi connectivity index (χ0n) is 11.2. The van der Waals surface area contributed by atoms with Crippen LogP contribution in [0.3, 0.4) is 0 Å². The number of carboxylic acids is 1. The number of hydrogen-bond acceptors (Lipinski definition) is 1. The molecule has 0 fully saturated rings. The van der Waals surface area contributed by atoms with Gasteiger partial charge in [0.05, 0.1) is 5.92 Å². The van der Waals surface area contributed by atoms with E-state index in [1.165, 1.54) is 11.1 Å². The van der Waals surface area contributed by atoms with E-state index in [0.717, 1.165) is 6.42 Å². The zero-order valence-corrected chi connectivity index (χ0v) is 11.2. The van der Waals surface area contributed by atoms with Crippen molar-refractivity contribution in [2.24, 2.45) is 5.92 Å². The molecule has 1 aromatic rings. The van der Waals surface area contributed by atoms with E-state index in [1.807, 2.05) is 0 Å². The summed E-state index contributed by atoms with van der Waals surface area (Å²) in [5.41, 5.74) is 2.68. The maximum absolute atomic E-state index is 10.7. The molecule has 0 saturated carbocycles. The lowest BCUT2D eigenvalue weighted by Crippen LogP contribution is -2.12. The smallest absolute Gasteiger partial charge is 0.306 e. The van der Waals surface area contributed by atoms with Gasteiger partial charge in [0.2, 0.25) is 0 Å². The van der Waals surface area contributed by atoms with Crippen molar-refractivity contribution in [1.29, 1.82) is 0 Å². The fraction of sp³-hybridized carbons (Fsp3) is 0.533. The van der Waals surface area contributed by atoms with Gasteiger partial charge >= 0.3 is 5.97 Å². The number of rotatable bonds is 4. The van der Waals surface area contributed by atoms with Crippen LogP contribution in [0.25, 0.3) is 0 Å². The minimum atomic E-state index is -0.711. The van der Waals surface area contributed by atoms with Crippen LogP contribution in [0.1, 0.15) is 45.2 Å². The Kier molecular flexibility index (Phi) is 4.33. The normalized spacial score (nSPS) is 13.4. The molecule has 0 aromatic heterocycles. The first kappa shape index (κ1) is 13.8. The van der Waals surface area contributed by atoms with E-state index in [2.05, 4.69) is 45.0 Å². The van der Waals surface area contributed by atoms with Gasteiger partial charge in [-0.1, -0.05) is 52.0 Å². The molecule has 0 radical (unpaired) electrons. The van der Waals surface area contributed by atoms with Crippen molar-refractivity contribution in [2.45, 2.75) is 46.0 Å². The molecule has 1 aromatic carbocycles. The first-order valence-electron chi connectivity index (χ1n) is 6.13. The third-order valence-corrected chi connectivity index (χ3v) is 3.08. The van der Waals surface area contributed by atoms with Gasteiger partial charge in [-0.3, -0.25) is 4.79 Å². The molecule has 1 rings (SSSR count). The summed E-state index contributed by atoms with van der Waals surface area (Å²) in [6.45, 7) is 8.32. The van der Waals surface area contributed by atoms with Crippen molar-refractivity contribution in [3.63, 3.8) is 0 Å². The Labute approximate surface area is 104 Å². The first-order valence-corrected chi connectivity index (χ1v) is 6.13. The first-order chi connectivity index (χ1) is 7.80. The lowest BCUT2D eigenvalue weighted by molar-refractivity contribution is -0.141. The third kappa shape index (κ3) is 4.22. The lowest BCUT2D eigenvalue weighted by Gasteiger charge is -2.20. The van der Waals surface area contributed by atoms with E-state index in [1.54, 1.807) is 6.92 Å². The van der Waals surface area contributed by atoms with Gasteiger partial charge < -0.3 is 5.11 Å². The SMILES string of the molecule is CC(CCc1cccc(C(C)(C)C)c1)C(=O)O. The molecule has 0 amide bonds. The van der Waals surface area contributed by atoms with Gasteiger partial charge in [-0.25, -0.2) is 0 Å². The number of carboxylic acid groups (broad SMARTS) is 1. The average Bonchev–Trinajstić information content (AvgIpc) is 2.25. The van der Waals surface area contributed by atoms with Crippen molar-refractivity contribution in [2.75, 3.05) is 0 Å². The van der Waals surface area contributed by atoms with Crippen LogP contribution in [0.15, 0.2) is 24.3 Å². The van der Waals surface area contributed by atoms with E-state index in [-0.39, 0.29) is 11.3 Å². The van der Waals surface area contributed by atoms with Crippen molar-refractivity contribution in [1.82, 2.24) is 0 Å². The van der Waals surface area contributed by atoms with E-state index in [4.69, 9.17) is 5.11 Å². The minimum Gasteiger partial charge on any atom is -0.481 e. The number of hydrogen-bond donors (Lipinski definition) is 1. The Morgan fingerprint density at radius 1 is 1.35 bits per heavy atom. The second kappa shape index (κ2) is 5.35. The zero-order chi connectivity index (χ0) is 13.1. The predicted octanol–water partition coefficient (Wildman–Crippen LogP) is 3.64. The summed E-state index contributed by atoms with van der Waals surface area (Å²) in [4.78, 5) is 10.7. The quantitative estimate of drug-likeness (QED) is 0.863. The molecule has 1 atom stereocenters. The Morgan fingerprint density at radius 2 is 2.00 bits per heavy atom. The van der Waals surface area contributed by atoms with Gasteiger partial charge in [-0.15, -0.1) is 0 Å². The van der Waals surface area contributed by atoms with Crippen LogP contribution in [0.4, 0.5) is 0 Å². The Morgan fingerprint density at radius 3 is 2.53 bits per heavy atom. The number of aryl methyl sites for hydroxylation is 1. The lowest BCUT2D eigenvalue weighted by atomic mass is 9.85. The fourth-order valence-corrected chi connectivity index (χ4v) is 1.70. The van der Waals surface area contributed by atoms with Crippen LogP contribution in [-0.2, 0) is 16.6 Å². The number of carbonyl (C=O) groups is 1. The second-order valence-corrected chi connectivity index (χ2v) is 5.73. The van der Waals surface area contributed by atoms with Gasteiger partial charge in [0.25, 0.3) is 0 Å². The summed E-state index contributed by atoms with van der Waals surface area (Å²) in [5.74, 6) is -0.981. The highest BCUT2D eigenvalue weighted by atomic mass is 16.4. The molecule has 0 spiro atoms. The molecular formula is C15H22O2. The highest BCUT2D eigenvalue weighted by Crippen LogP contribution is 2.23. The molecule has 0 saturated heterocycles. The van der Waals surface area contributed by atoms with Crippen LogP contribution in [0.2, 0.25) is 0 Å². The van der Waals surface area contributed by atoms with Gasteiger partial charge in [-0.2, -0.15) is 0 Å². The van der Waals surface area contributed by atoms with Crippen molar-refractivity contribution in [3.05, 3.63) is 35.4 Å². The molecule has 1 N–H and O–H groups in total. The van der Waals surface area contributed by atoms with Gasteiger partial charge in [0.1, 0.15) is 0 Å². The molecule has 0 aliphatic rings. The Hall–Kier alpha value is -1.31. The molecule has 0 heterocycles. The molecule has 2 nitrogen and oxygen atoms in total. The summed E-state index contributed by atoms with van der Waals surface area (Å²) in [5, 5.41) is 8.84. The highest BCUT2D eigenvalue weighted by Gasteiger charge is 2.14. The molecule has 0 aliphatic heterocycles. The van der Waals surface area contributed by atoms with Crippen molar-refractivity contribution >= 4 is 5.97 Å². The summed E-state index contributed by atoms with van der Waals surface area (Å²) in [7, 11) is 0. The van der Waals surface area contributed by atoms with Gasteiger partial charge in [-0.05, 0) is 29.4 Å². The fourth-order valence-electron chi connectivity index (χ4n) is 1.70. The maximum Gasteiger partial charge on any atom is 0.306 e. The molecule has 94 valence electrons. The maximum atomic E-state index is 10.7. The monoisotopic (exact) mass is 234 g/mol. The van der Waals surface area contributed by atoms with Gasteiger partial charge in [0.15, 0.2) is 0 Å². The standard InChI is InChI=1S/C15H22O2/c1-11(14(16)17)8-9-12-6-5-7-13(10-12)15(2,3)4/h5-7,10-11H,8-9H2,1-4H3,(H,16,17). The molecule has 0 bridgehead atoms. The second-order valence-electron chi connectivity index (χ2n) is 5.73. The predicted molar refractivity (Wildman–Crippen MR) is 70.3 cm³/mol. The van der Waals surface area contributed by atoms with E-state index in [9.17, 15) is 4.79 Å². The van der Waals surface area contributed by atoms with Crippen LogP contribution in [-0.4, -0.2) is 11.1 Å². The highest BCUT2D eigenvalue weighted by molar-refractivity contribution is 5.69. The van der Waals surface area contributed by atoms with Crippen LogP contribution in [0.5, 0.6) is 0 Å². The topological polar surface area (TPSA) is 37.3 Å². The van der Waals surface area contributed by atoms with E-state index >= 15 is 0 Å². The average molecular weight is 234 g/mol. The Bertz CT molecular complexity index is 388. The molecular weight excluding hydrogens is 212 g/mol. The van der Waals surface area contributed by atoms with E-state index in [0.29, 0.717) is 6.42 Å². The number of aliphatic carboxylic acids is 1. The summed E-state index contributed by atoms with van der Waals surface area (Å²) < 4.78 is 0. The van der Waals surface area contributed by atoms with Crippen molar-refractivity contribution < 1.29 is 9.90 Å². The van der Waals surface area contributed by atoms with E-state index < -0.39 is 5.97 Å². The van der Waals surface area contributed by atoms with Crippen LogP contribution >= 0.6 is 0 Å². The van der Waals surface area contributed by atoms with Crippen LogP contribution in [0, 0.1) is 5.92 Å². The molecule has 2 heteroatoms. The summed E-state index contributed by atoms with van der Waals surface area (Å²) in [6, 6.07) is 8.45. The van der Waals surface area contributed by atoms with Crippen LogP contribution < -0.4 is 0 Å². The van der Waals surface area contributed by atoms with Crippen molar-refractivity contribution in [3.8, 4) is 0 Å². The minimum absolute atomic E-state index is 0.147. The summed E-state index contributed by atoms with van der Waals surface area (Å²) in [6.07, 6.45) is 1.53. The number of benzene rings is 1.